The molecule has 0 aliphatic carbocycles. The molecule has 4 rings (SSSR count). The van der Waals surface area contributed by atoms with E-state index in [-0.39, 0.29) is 0 Å². The Morgan fingerprint density at radius 2 is 1.87 bits per heavy atom. The second kappa shape index (κ2) is 9.22. The van der Waals surface area contributed by atoms with E-state index in [2.05, 4.69) is 22.1 Å². The number of hydrogen-bond donors (Lipinski definition) is 1. The van der Waals surface area contributed by atoms with Crippen molar-refractivity contribution in [1.82, 2.24) is 14.7 Å². The van der Waals surface area contributed by atoms with Crippen LogP contribution in [0.15, 0.2) is 54.9 Å². The topological polar surface area (TPSA) is 59.8 Å². The Morgan fingerprint density at radius 3 is 2.57 bits per heavy atom. The van der Waals surface area contributed by atoms with Crippen molar-refractivity contribution in [1.29, 1.82) is 0 Å². The SMILES string of the molecule is COc1ccc(O)c(CC2CCN(Cc3ccc(-n4cccn4)cc3OC)CC2)c1. The molecular formula is C24H29N3O3. The minimum absolute atomic E-state index is 0.361. The number of piperidine rings is 1. The van der Waals surface area contributed by atoms with Crippen molar-refractivity contribution in [3.05, 3.63) is 66.0 Å². The van der Waals surface area contributed by atoms with Crippen LogP contribution in [0, 0.1) is 5.92 Å². The molecule has 1 N–H and O–H groups in total. The van der Waals surface area contributed by atoms with Gasteiger partial charge in [-0.05, 0) is 74.2 Å². The predicted octanol–water partition coefficient (Wildman–Crippen LogP) is 4.05. The van der Waals surface area contributed by atoms with Crippen LogP contribution in [0.5, 0.6) is 17.2 Å². The summed E-state index contributed by atoms with van der Waals surface area (Å²) >= 11 is 0. The van der Waals surface area contributed by atoms with Gasteiger partial charge in [-0.3, -0.25) is 4.90 Å². The highest BCUT2D eigenvalue weighted by molar-refractivity contribution is 5.44. The Labute approximate surface area is 177 Å². The summed E-state index contributed by atoms with van der Waals surface area (Å²) in [5.74, 6) is 2.63. The molecule has 2 heterocycles. The number of phenols is 1. The molecule has 1 fully saturated rings. The molecule has 6 heteroatoms. The zero-order chi connectivity index (χ0) is 20.9. The molecule has 2 aromatic carbocycles. The largest absolute Gasteiger partial charge is 0.508 e. The van der Waals surface area contributed by atoms with Crippen molar-refractivity contribution >= 4 is 0 Å². The van der Waals surface area contributed by atoms with Crippen LogP contribution in [0.1, 0.15) is 24.0 Å². The fourth-order valence-corrected chi connectivity index (χ4v) is 4.18. The summed E-state index contributed by atoms with van der Waals surface area (Å²) < 4.78 is 12.8. The van der Waals surface area contributed by atoms with E-state index in [1.807, 2.05) is 29.1 Å². The first-order valence-corrected chi connectivity index (χ1v) is 10.4. The first kappa shape index (κ1) is 20.3. The summed E-state index contributed by atoms with van der Waals surface area (Å²) in [7, 11) is 3.38. The minimum atomic E-state index is 0.361. The Balaban J connectivity index is 1.36. The first-order chi connectivity index (χ1) is 14.7. The standard InChI is InChI=1S/C24H29N3O3/c1-29-22-6-7-23(28)20(15-22)14-18-8-12-26(13-9-18)17-19-4-5-21(16-24(19)30-2)27-11-3-10-25-27/h3-7,10-11,15-16,18,28H,8-9,12-14,17H2,1-2H3. The van der Waals surface area contributed by atoms with Gasteiger partial charge in [-0.2, -0.15) is 5.10 Å². The maximum absolute atomic E-state index is 10.2. The molecule has 158 valence electrons. The third-order valence-electron chi connectivity index (χ3n) is 5.94. The minimum Gasteiger partial charge on any atom is -0.508 e. The molecule has 0 bridgehead atoms. The highest BCUT2D eigenvalue weighted by Crippen LogP contribution is 2.30. The fourth-order valence-electron chi connectivity index (χ4n) is 4.18. The van der Waals surface area contributed by atoms with E-state index in [1.54, 1.807) is 32.5 Å². The van der Waals surface area contributed by atoms with Gasteiger partial charge in [0.1, 0.15) is 17.2 Å². The van der Waals surface area contributed by atoms with Crippen LogP contribution in [-0.4, -0.2) is 47.1 Å². The summed E-state index contributed by atoms with van der Waals surface area (Å²) in [4.78, 5) is 2.48. The number of phenolic OH excluding ortho intramolecular Hbond substituents is 1. The Bertz CT molecular complexity index is 964. The van der Waals surface area contributed by atoms with Gasteiger partial charge >= 0.3 is 0 Å². The van der Waals surface area contributed by atoms with Crippen LogP contribution in [0.2, 0.25) is 0 Å². The zero-order valence-electron chi connectivity index (χ0n) is 17.6. The maximum Gasteiger partial charge on any atom is 0.125 e. The summed E-state index contributed by atoms with van der Waals surface area (Å²) in [5.41, 5.74) is 3.17. The van der Waals surface area contributed by atoms with Gasteiger partial charge in [0, 0.05) is 30.6 Å². The van der Waals surface area contributed by atoms with Gasteiger partial charge in [-0.15, -0.1) is 0 Å². The molecule has 30 heavy (non-hydrogen) atoms. The Morgan fingerprint density at radius 1 is 1.03 bits per heavy atom. The van der Waals surface area contributed by atoms with E-state index >= 15 is 0 Å². The lowest BCUT2D eigenvalue weighted by atomic mass is 9.89. The molecule has 1 saturated heterocycles. The van der Waals surface area contributed by atoms with E-state index in [0.29, 0.717) is 11.7 Å². The maximum atomic E-state index is 10.2. The molecule has 1 aliphatic rings. The number of hydrogen-bond acceptors (Lipinski definition) is 5. The van der Waals surface area contributed by atoms with Crippen LogP contribution in [0.3, 0.4) is 0 Å². The number of aromatic hydroxyl groups is 1. The number of ether oxygens (including phenoxy) is 2. The van der Waals surface area contributed by atoms with Gasteiger partial charge in [0.25, 0.3) is 0 Å². The summed E-state index contributed by atoms with van der Waals surface area (Å²) in [6.07, 6.45) is 6.82. The second-order valence-corrected chi connectivity index (χ2v) is 7.87. The molecule has 1 aliphatic heterocycles. The lowest BCUT2D eigenvalue weighted by Crippen LogP contribution is -2.34. The molecule has 0 amide bonds. The molecule has 0 spiro atoms. The number of nitrogens with zero attached hydrogens (tertiary/aromatic N) is 3. The van der Waals surface area contributed by atoms with Crippen molar-refractivity contribution in [2.24, 2.45) is 5.92 Å². The number of rotatable bonds is 7. The van der Waals surface area contributed by atoms with Gasteiger partial charge < -0.3 is 14.6 Å². The van der Waals surface area contributed by atoms with Crippen LogP contribution in [-0.2, 0) is 13.0 Å². The molecule has 0 atom stereocenters. The third-order valence-corrected chi connectivity index (χ3v) is 5.94. The molecule has 1 aromatic heterocycles. The van der Waals surface area contributed by atoms with E-state index in [1.165, 1.54) is 5.56 Å². The summed E-state index contributed by atoms with van der Waals surface area (Å²) in [5, 5.41) is 14.5. The van der Waals surface area contributed by atoms with Crippen molar-refractivity contribution in [2.45, 2.75) is 25.8 Å². The van der Waals surface area contributed by atoms with Crippen molar-refractivity contribution in [2.75, 3.05) is 27.3 Å². The smallest absolute Gasteiger partial charge is 0.125 e. The van der Waals surface area contributed by atoms with E-state index in [0.717, 1.165) is 61.6 Å². The molecule has 3 aromatic rings. The van der Waals surface area contributed by atoms with E-state index in [4.69, 9.17) is 9.47 Å². The Kier molecular flexibility index (Phi) is 6.23. The predicted molar refractivity (Wildman–Crippen MR) is 116 cm³/mol. The molecule has 0 radical (unpaired) electrons. The van der Waals surface area contributed by atoms with Crippen LogP contribution >= 0.6 is 0 Å². The number of likely N-dealkylation sites (tertiary alicyclic amines) is 1. The van der Waals surface area contributed by atoms with Crippen molar-refractivity contribution in [3.63, 3.8) is 0 Å². The quantitative estimate of drug-likeness (QED) is 0.640. The molecule has 0 saturated carbocycles. The average molecular weight is 408 g/mol. The third kappa shape index (κ3) is 4.60. The monoisotopic (exact) mass is 407 g/mol. The number of aromatic nitrogens is 2. The number of methoxy groups -OCH3 is 2. The van der Waals surface area contributed by atoms with E-state index < -0.39 is 0 Å². The van der Waals surface area contributed by atoms with Crippen LogP contribution in [0.25, 0.3) is 5.69 Å². The Hall–Kier alpha value is -2.99. The van der Waals surface area contributed by atoms with Gasteiger partial charge in [0.15, 0.2) is 0 Å². The zero-order valence-corrected chi connectivity index (χ0v) is 17.6. The second-order valence-electron chi connectivity index (χ2n) is 7.87. The molecule has 6 nitrogen and oxygen atoms in total. The molecule has 0 unspecified atom stereocenters. The highest BCUT2D eigenvalue weighted by Gasteiger charge is 2.22. The average Bonchev–Trinajstić information content (AvgIpc) is 3.32. The number of benzene rings is 2. The van der Waals surface area contributed by atoms with Gasteiger partial charge in [-0.1, -0.05) is 6.07 Å². The van der Waals surface area contributed by atoms with E-state index in [9.17, 15) is 5.11 Å². The van der Waals surface area contributed by atoms with Gasteiger partial charge in [-0.25, -0.2) is 4.68 Å². The lowest BCUT2D eigenvalue weighted by Gasteiger charge is -2.32. The van der Waals surface area contributed by atoms with Crippen molar-refractivity contribution in [3.8, 4) is 22.9 Å². The summed E-state index contributed by atoms with van der Waals surface area (Å²) in [6, 6.07) is 13.7. The summed E-state index contributed by atoms with van der Waals surface area (Å²) in [6.45, 7) is 2.96. The highest BCUT2D eigenvalue weighted by atomic mass is 16.5. The first-order valence-electron chi connectivity index (χ1n) is 10.4. The lowest BCUT2D eigenvalue weighted by molar-refractivity contribution is 0.175. The normalized spacial score (nSPS) is 15.3. The van der Waals surface area contributed by atoms with Crippen molar-refractivity contribution < 1.29 is 14.6 Å². The van der Waals surface area contributed by atoms with Crippen LogP contribution in [0.4, 0.5) is 0 Å². The van der Waals surface area contributed by atoms with Gasteiger partial charge in [0.05, 0.1) is 19.9 Å². The van der Waals surface area contributed by atoms with Crippen LogP contribution < -0.4 is 9.47 Å². The molecular weight excluding hydrogens is 378 g/mol. The van der Waals surface area contributed by atoms with Gasteiger partial charge in [0.2, 0.25) is 0 Å². The fraction of sp³-hybridized carbons (Fsp3) is 0.375.